The normalized spacial score (nSPS) is 11.2. The first-order valence-corrected chi connectivity index (χ1v) is 9.45. The quantitative estimate of drug-likeness (QED) is 0.696. The lowest BCUT2D eigenvalue weighted by Gasteiger charge is -2.12. The molecular weight excluding hydrogens is 356 g/mol. The minimum Gasteiger partial charge on any atom is -0.496 e. The Kier molecular flexibility index (Phi) is 6.84. The summed E-state index contributed by atoms with van der Waals surface area (Å²) in [5.41, 5.74) is 2.56. The minimum absolute atomic E-state index is 0.132. The molecule has 0 saturated carbocycles. The third-order valence-electron chi connectivity index (χ3n) is 3.85. The standard InChI is InChI=1S/C18H24N2O5S/c1-13-5-6-14(9-17(13)24-3)11-19-26(21,22)20-12-15-7-8-16(23-2)18(10-15)25-4/h5-10,19-20H,11-12H2,1-4H3. The molecule has 0 bridgehead atoms. The average molecular weight is 380 g/mol. The smallest absolute Gasteiger partial charge is 0.277 e. The Bertz CT molecular complexity index is 853. The lowest BCUT2D eigenvalue weighted by atomic mass is 10.1. The molecule has 0 radical (unpaired) electrons. The molecule has 0 aliphatic carbocycles. The fourth-order valence-electron chi connectivity index (χ4n) is 2.37. The van der Waals surface area contributed by atoms with Crippen molar-refractivity contribution in [3.63, 3.8) is 0 Å². The highest BCUT2D eigenvalue weighted by atomic mass is 32.2. The molecule has 0 saturated heterocycles. The molecule has 0 fully saturated rings. The summed E-state index contributed by atoms with van der Waals surface area (Å²) >= 11 is 0. The maximum Gasteiger partial charge on any atom is 0.277 e. The Morgan fingerprint density at radius 3 is 1.81 bits per heavy atom. The number of benzene rings is 2. The highest BCUT2D eigenvalue weighted by Gasteiger charge is 2.11. The summed E-state index contributed by atoms with van der Waals surface area (Å²) in [6.45, 7) is 2.22. The maximum absolute atomic E-state index is 12.2. The van der Waals surface area contributed by atoms with Gasteiger partial charge in [0.25, 0.3) is 10.2 Å². The van der Waals surface area contributed by atoms with Crippen LogP contribution in [0.2, 0.25) is 0 Å². The van der Waals surface area contributed by atoms with Crippen LogP contribution < -0.4 is 23.7 Å². The second kappa shape index (κ2) is 8.88. The highest BCUT2D eigenvalue weighted by Crippen LogP contribution is 2.27. The van der Waals surface area contributed by atoms with Gasteiger partial charge in [0.2, 0.25) is 0 Å². The molecular formula is C18H24N2O5S. The van der Waals surface area contributed by atoms with E-state index in [9.17, 15) is 8.42 Å². The van der Waals surface area contributed by atoms with Crippen LogP contribution >= 0.6 is 0 Å². The van der Waals surface area contributed by atoms with Crippen LogP contribution in [0.15, 0.2) is 36.4 Å². The van der Waals surface area contributed by atoms with Crippen molar-refractivity contribution in [2.75, 3.05) is 21.3 Å². The summed E-state index contributed by atoms with van der Waals surface area (Å²) in [5.74, 6) is 1.86. The minimum atomic E-state index is -3.66. The van der Waals surface area contributed by atoms with Crippen molar-refractivity contribution in [2.24, 2.45) is 0 Å². The lowest BCUT2D eigenvalue weighted by Crippen LogP contribution is -2.35. The average Bonchev–Trinajstić information content (AvgIpc) is 2.65. The van der Waals surface area contributed by atoms with Crippen molar-refractivity contribution in [3.8, 4) is 17.2 Å². The van der Waals surface area contributed by atoms with Crippen molar-refractivity contribution < 1.29 is 22.6 Å². The fourth-order valence-corrected chi connectivity index (χ4v) is 3.19. The summed E-state index contributed by atoms with van der Waals surface area (Å²) in [6.07, 6.45) is 0. The summed E-state index contributed by atoms with van der Waals surface area (Å²) in [4.78, 5) is 0. The number of nitrogens with one attached hydrogen (secondary N) is 2. The van der Waals surface area contributed by atoms with E-state index in [0.717, 1.165) is 22.4 Å². The van der Waals surface area contributed by atoms with E-state index in [1.165, 1.54) is 7.11 Å². The summed E-state index contributed by atoms with van der Waals surface area (Å²) in [7, 11) is 1.01. The SMILES string of the molecule is COc1cc(CNS(=O)(=O)NCc2ccc(OC)c(OC)c2)ccc1C. The van der Waals surface area contributed by atoms with E-state index in [-0.39, 0.29) is 13.1 Å². The first-order chi connectivity index (χ1) is 12.4. The van der Waals surface area contributed by atoms with Crippen LogP contribution in [0.1, 0.15) is 16.7 Å². The van der Waals surface area contributed by atoms with Gasteiger partial charge in [0.15, 0.2) is 11.5 Å². The number of hydrogen-bond donors (Lipinski definition) is 2. The van der Waals surface area contributed by atoms with Gasteiger partial charge in [0, 0.05) is 13.1 Å². The van der Waals surface area contributed by atoms with E-state index in [4.69, 9.17) is 14.2 Å². The van der Waals surface area contributed by atoms with Crippen LogP contribution in [0.4, 0.5) is 0 Å². The number of ether oxygens (including phenoxy) is 3. The van der Waals surface area contributed by atoms with Gasteiger partial charge in [-0.2, -0.15) is 17.9 Å². The highest BCUT2D eigenvalue weighted by molar-refractivity contribution is 7.87. The molecule has 2 N–H and O–H groups in total. The van der Waals surface area contributed by atoms with Gasteiger partial charge in [-0.05, 0) is 41.8 Å². The maximum atomic E-state index is 12.2. The van der Waals surface area contributed by atoms with Gasteiger partial charge >= 0.3 is 0 Å². The molecule has 7 nitrogen and oxygen atoms in total. The summed E-state index contributed by atoms with van der Waals surface area (Å²) in [5, 5.41) is 0. The zero-order valence-electron chi connectivity index (χ0n) is 15.3. The van der Waals surface area contributed by atoms with E-state index >= 15 is 0 Å². The largest absolute Gasteiger partial charge is 0.496 e. The van der Waals surface area contributed by atoms with Crippen LogP contribution in [0.5, 0.6) is 17.2 Å². The molecule has 0 amide bonds. The third-order valence-corrected chi connectivity index (χ3v) is 4.90. The number of aryl methyl sites for hydroxylation is 1. The Balaban J connectivity index is 1.97. The predicted octanol–water partition coefficient (Wildman–Crippen LogP) is 2.15. The first kappa shape index (κ1) is 20.0. The van der Waals surface area contributed by atoms with Crippen molar-refractivity contribution in [1.29, 1.82) is 0 Å². The zero-order valence-corrected chi connectivity index (χ0v) is 16.1. The van der Waals surface area contributed by atoms with Crippen molar-refractivity contribution in [2.45, 2.75) is 20.0 Å². The lowest BCUT2D eigenvalue weighted by molar-refractivity contribution is 0.354. The Labute approximate surface area is 154 Å². The number of rotatable bonds is 9. The monoisotopic (exact) mass is 380 g/mol. The molecule has 0 spiro atoms. The Morgan fingerprint density at radius 2 is 1.27 bits per heavy atom. The van der Waals surface area contributed by atoms with Crippen LogP contribution in [0.25, 0.3) is 0 Å². The van der Waals surface area contributed by atoms with E-state index in [1.54, 1.807) is 32.4 Å². The molecule has 0 unspecified atom stereocenters. The number of methoxy groups -OCH3 is 3. The van der Waals surface area contributed by atoms with Crippen molar-refractivity contribution >= 4 is 10.2 Å². The van der Waals surface area contributed by atoms with Gasteiger partial charge in [0.1, 0.15) is 5.75 Å². The van der Waals surface area contributed by atoms with E-state index in [2.05, 4.69) is 9.44 Å². The Hall–Kier alpha value is -2.29. The van der Waals surface area contributed by atoms with Crippen LogP contribution in [-0.4, -0.2) is 29.7 Å². The van der Waals surface area contributed by atoms with Gasteiger partial charge in [0.05, 0.1) is 21.3 Å². The van der Waals surface area contributed by atoms with Gasteiger partial charge in [-0.1, -0.05) is 18.2 Å². The van der Waals surface area contributed by atoms with Gasteiger partial charge in [-0.3, -0.25) is 0 Å². The first-order valence-electron chi connectivity index (χ1n) is 7.97. The summed E-state index contributed by atoms with van der Waals surface area (Å²) < 4.78 is 45.0. The fraction of sp³-hybridized carbons (Fsp3) is 0.333. The molecule has 0 aliphatic rings. The van der Waals surface area contributed by atoms with Crippen molar-refractivity contribution in [1.82, 2.24) is 9.44 Å². The summed E-state index contributed by atoms with van der Waals surface area (Å²) in [6, 6.07) is 10.8. The number of hydrogen-bond acceptors (Lipinski definition) is 5. The van der Waals surface area contributed by atoms with Gasteiger partial charge in [-0.15, -0.1) is 0 Å². The molecule has 2 rings (SSSR count). The molecule has 142 valence electrons. The third kappa shape index (κ3) is 5.35. The van der Waals surface area contributed by atoms with Gasteiger partial charge in [-0.25, -0.2) is 0 Å². The van der Waals surface area contributed by atoms with Gasteiger partial charge < -0.3 is 14.2 Å². The molecule has 0 atom stereocenters. The molecule has 26 heavy (non-hydrogen) atoms. The predicted molar refractivity (Wildman–Crippen MR) is 99.9 cm³/mol. The molecule has 2 aromatic rings. The second-order valence-electron chi connectivity index (χ2n) is 5.64. The zero-order chi connectivity index (χ0) is 19.2. The van der Waals surface area contributed by atoms with E-state index in [0.29, 0.717) is 11.5 Å². The molecule has 0 aliphatic heterocycles. The Morgan fingerprint density at radius 1 is 0.769 bits per heavy atom. The van der Waals surface area contributed by atoms with E-state index in [1.807, 2.05) is 25.1 Å². The van der Waals surface area contributed by atoms with Crippen LogP contribution in [0.3, 0.4) is 0 Å². The molecule has 0 aromatic heterocycles. The van der Waals surface area contributed by atoms with Crippen LogP contribution in [0, 0.1) is 6.92 Å². The topological polar surface area (TPSA) is 85.9 Å². The van der Waals surface area contributed by atoms with Crippen molar-refractivity contribution in [3.05, 3.63) is 53.1 Å². The molecule has 2 aromatic carbocycles. The molecule has 0 heterocycles. The molecule has 8 heteroatoms. The van der Waals surface area contributed by atoms with Crippen LogP contribution in [-0.2, 0) is 23.3 Å². The van der Waals surface area contributed by atoms with E-state index < -0.39 is 10.2 Å². The second-order valence-corrected chi connectivity index (χ2v) is 7.22.